The molecule has 2 unspecified atom stereocenters. The van der Waals surface area contributed by atoms with E-state index in [0.717, 1.165) is 28.3 Å². The third kappa shape index (κ3) is 3.33. The first-order chi connectivity index (χ1) is 13.2. The van der Waals surface area contributed by atoms with E-state index >= 15 is 0 Å². The Bertz CT molecular complexity index is 1010. The van der Waals surface area contributed by atoms with E-state index in [0.29, 0.717) is 17.7 Å². The second kappa shape index (κ2) is 6.78. The summed E-state index contributed by atoms with van der Waals surface area (Å²) in [6.07, 6.45) is 2.84. The number of rotatable bonds is 2. The van der Waals surface area contributed by atoms with Crippen molar-refractivity contribution in [3.05, 3.63) is 59.3 Å². The van der Waals surface area contributed by atoms with Crippen molar-refractivity contribution in [1.82, 2.24) is 0 Å². The summed E-state index contributed by atoms with van der Waals surface area (Å²) in [5.41, 5.74) is 3.67. The molecule has 3 N–H and O–H groups in total. The zero-order valence-electron chi connectivity index (χ0n) is 16.2. The van der Waals surface area contributed by atoms with E-state index in [1.165, 1.54) is 0 Å². The molecule has 0 radical (unpaired) electrons. The first-order valence-corrected chi connectivity index (χ1v) is 10.9. The Morgan fingerprint density at radius 2 is 1.82 bits per heavy atom. The molecular formula is C22H24N2O3S. The summed E-state index contributed by atoms with van der Waals surface area (Å²) in [4.78, 5) is 13.9. The van der Waals surface area contributed by atoms with Crippen LogP contribution in [0.5, 0.6) is 5.75 Å². The number of hydrogen-bond donors (Lipinski definition) is 3. The molecule has 1 heterocycles. The molecule has 5 nitrogen and oxygen atoms in total. The number of nitrogens with one attached hydrogen (secondary N) is 2. The summed E-state index contributed by atoms with van der Waals surface area (Å²) < 4.78 is 11.7. The summed E-state index contributed by atoms with van der Waals surface area (Å²) in [7, 11) is -1.06. The molecule has 28 heavy (non-hydrogen) atoms. The lowest BCUT2D eigenvalue weighted by molar-refractivity contribution is -0.118. The van der Waals surface area contributed by atoms with Crippen molar-refractivity contribution >= 4 is 28.0 Å². The topological polar surface area (TPSA) is 78.4 Å². The van der Waals surface area contributed by atoms with Gasteiger partial charge in [-0.15, -0.1) is 0 Å². The molecule has 4 rings (SSSR count). The van der Waals surface area contributed by atoms with Gasteiger partial charge in [-0.1, -0.05) is 32.0 Å². The number of allylic oxidation sites excluding steroid dienone is 1. The number of carbonyl (C=O) groups excluding carboxylic acids is 1. The molecule has 2 atom stereocenters. The fraction of sp³-hybridized carbons (Fsp3) is 0.318. The maximum absolute atomic E-state index is 13.1. The van der Waals surface area contributed by atoms with E-state index in [-0.39, 0.29) is 23.0 Å². The van der Waals surface area contributed by atoms with Crippen LogP contribution in [-0.4, -0.2) is 21.4 Å². The minimum absolute atomic E-state index is 0.103. The van der Waals surface area contributed by atoms with Crippen LogP contribution in [0.15, 0.2) is 58.6 Å². The van der Waals surface area contributed by atoms with Gasteiger partial charge in [0.25, 0.3) is 0 Å². The third-order valence-electron chi connectivity index (χ3n) is 5.37. The van der Waals surface area contributed by atoms with Crippen LogP contribution in [-0.2, 0) is 15.6 Å². The van der Waals surface area contributed by atoms with Crippen LogP contribution in [0.1, 0.15) is 38.3 Å². The highest BCUT2D eigenvalue weighted by Gasteiger charge is 2.39. The number of phenolic OH excluding ortho intramolecular Hbond substituents is 1. The zero-order valence-corrected chi connectivity index (χ0v) is 17.0. The largest absolute Gasteiger partial charge is 0.506 e. The van der Waals surface area contributed by atoms with Crippen LogP contribution in [0, 0.1) is 5.41 Å². The van der Waals surface area contributed by atoms with Crippen molar-refractivity contribution < 1.29 is 14.1 Å². The molecule has 2 aromatic rings. The van der Waals surface area contributed by atoms with Crippen LogP contribution in [0.2, 0.25) is 0 Å². The Labute approximate surface area is 167 Å². The van der Waals surface area contributed by atoms with Gasteiger partial charge in [-0.05, 0) is 41.7 Å². The van der Waals surface area contributed by atoms with Gasteiger partial charge in [0.2, 0.25) is 0 Å². The predicted octanol–water partition coefficient (Wildman–Crippen LogP) is 4.35. The Balaban J connectivity index is 1.87. The van der Waals surface area contributed by atoms with Gasteiger partial charge in [-0.3, -0.25) is 9.00 Å². The second-order valence-electron chi connectivity index (χ2n) is 8.26. The molecule has 1 aliphatic heterocycles. The average Bonchev–Trinajstić information content (AvgIpc) is 2.78. The van der Waals surface area contributed by atoms with Gasteiger partial charge in [-0.25, -0.2) is 0 Å². The summed E-state index contributed by atoms with van der Waals surface area (Å²) in [6.45, 7) is 4.17. The standard InChI is InChI=1S/C22H24N2O3S/c1-22(2)11-16-19(18(26)12-22)20(13-7-9-14(10-8-13)28(3)27)23-15-5-4-6-17(25)21(15)24-16/h4-10,20,23-25H,11-12H2,1-3H3. The number of aromatic hydroxyl groups is 1. The molecule has 2 aliphatic rings. The lowest BCUT2D eigenvalue weighted by Crippen LogP contribution is -2.31. The number of para-hydroxylation sites is 1. The van der Waals surface area contributed by atoms with E-state index in [1.54, 1.807) is 18.4 Å². The van der Waals surface area contributed by atoms with Crippen LogP contribution in [0.4, 0.5) is 11.4 Å². The van der Waals surface area contributed by atoms with E-state index in [4.69, 9.17) is 0 Å². The molecule has 0 saturated heterocycles. The first-order valence-electron chi connectivity index (χ1n) is 9.30. The monoisotopic (exact) mass is 396 g/mol. The van der Waals surface area contributed by atoms with Crippen molar-refractivity contribution in [3.8, 4) is 5.75 Å². The lowest BCUT2D eigenvalue weighted by atomic mass is 9.73. The minimum atomic E-state index is -1.06. The molecule has 1 aliphatic carbocycles. The van der Waals surface area contributed by atoms with Gasteiger partial charge >= 0.3 is 0 Å². The zero-order chi connectivity index (χ0) is 20.1. The predicted molar refractivity (Wildman–Crippen MR) is 112 cm³/mol. The summed E-state index contributed by atoms with van der Waals surface area (Å²) in [5, 5.41) is 17.2. The first kappa shape index (κ1) is 18.7. The number of anilines is 2. The molecule has 146 valence electrons. The van der Waals surface area contributed by atoms with Gasteiger partial charge in [-0.2, -0.15) is 0 Å². The van der Waals surface area contributed by atoms with Crippen molar-refractivity contribution in [2.45, 2.75) is 37.6 Å². The van der Waals surface area contributed by atoms with Crippen molar-refractivity contribution in [2.75, 3.05) is 16.9 Å². The van der Waals surface area contributed by atoms with E-state index in [9.17, 15) is 14.1 Å². The van der Waals surface area contributed by atoms with Gasteiger partial charge in [0.1, 0.15) is 11.4 Å². The Hall–Kier alpha value is -2.60. The fourth-order valence-corrected chi connectivity index (χ4v) is 4.57. The quantitative estimate of drug-likeness (QED) is 0.658. The number of phenols is 1. The fourth-order valence-electron chi connectivity index (χ4n) is 4.05. The minimum Gasteiger partial charge on any atom is -0.506 e. The highest BCUT2D eigenvalue weighted by molar-refractivity contribution is 7.84. The smallest absolute Gasteiger partial charge is 0.163 e. The van der Waals surface area contributed by atoms with Crippen molar-refractivity contribution in [3.63, 3.8) is 0 Å². The Morgan fingerprint density at radius 3 is 2.50 bits per heavy atom. The van der Waals surface area contributed by atoms with Crippen LogP contribution in [0.3, 0.4) is 0 Å². The number of hydrogen-bond acceptors (Lipinski definition) is 5. The number of ketones is 1. The van der Waals surface area contributed by atoms with E-state index < -0.39 is 10.8 Å². The molecule has 0 saturated carbocycles. The highest BCUT2D eigenvalue weighted by atomic mass is 32.2. The second-order valence-corrected chi connectivity index (χ2v) is 9.64. The number of benzene rings is 2. The normalized spacial score (nSPS) is 21.7. The summed E-state index contributed by atoms with van der Waals surface area (Å²) in [5.74, 6) is 0.247. The van der Waals surface area contributed by atoms with Crippen LogP contribution in [0.25, 0.3) is 0 Å². The van der Waals surface area contributed by atoms with Gasteiger partial charge in [0.15, 0.2) is 5.78 Å². The molecule has 2 aromatic carbocycles. The summed E-state index contributed by atoms with van der Waals surface area (Å²) in [6, 6.07) is 12.5. The Kier molecular flexibility index (Phi) is 4.54. The molecule has 0 aromatic heterocycles. The third-order valence-corrected chi connectivity index (χ3v) is 6.31. The molecular weight excluding hydrogens is 372 g/mol. The molecule has 6 heteroatoms. The number of carbonyl (C=O) groups is 1. The SMILES string of the molecule is CS(=O)c1ccc(C2Nc3cccc(O)c3NC3=C2C(=O)CC(C)(C)C3)cc1. The van der Waals surface area contributed by atoms with E-state index in [2.05, 4.69) is 24.5 Å². The van der Waals surface area contributed by atoms with Gasteiger partial charge in [0.05, 0.1) is 11.7 Å². The number of Topliss-reactive ketones (excluding diaryl/α,β-unsaturated/α-hetero) is 1. The van der Waals surface area contributed by atoms with Crippen molar-refractivity contribution in [2.24, 2.45) is 5.41 Å². The van der Waals surface area contributed by atoms with Crippen LogP contribution >= 0.6 is 0 Å². The van der Waals surface area contributed by atoms with Gasteiger partial charge < -0.3 is 15.7 Å². The Morgan fingerprint density at radius 1 is 1.11 bits per heavy atom. The molecule has 0 fully saturated rings. The highest BCUT2D eigenvalue weighted by Crippen LogP contribution is 2.47. The maximum Gasteiger partial charge on any atom is 0.163 e. The lowest BCUT2D eigenvalue weighted by Gasteiger charge is -2.34. The average molecular weight is 397 g/mol. The van der Waals surface area contributed by atoms with Crippen LogP contribution < -0.4 is 10.6 Å². The summed E-state index contributed by atoms with van der Waals surface area (Å²) >= 11 is 0. The van der Waals surface area contributed by atoms with E-state index in [1.807, 2.05) is 30.3 Å². The number of fused-ring (bicyclic) bond motifs is 1. The van der Waals surface area contributed by atoms with Gasteiger partial charge in [0, 0.05) is 39.6 Å². The van der Waals surface area contributed by atoms with Crippen molar-refractivity contribution in [1.29, 1.82) is 0 Å². The molecule has 0 spiro atoms. The molecule has 0 amide bonds. The molecule has 0 bridgehead atoms. The maximum atomic E-state index is 13.1.